The second-order valence-electron chi connectivity index (χ2n) is 7.88. The highest BCUT2D eigenvalue weighted by molar-refractivity contribution is 4.82. The molecule has 1 aliphatic rings. The van der Waals surface area contributed by atoms with Crippen LogP contribution in [0.15, 0.2) is 0 Å². The van der Waals surface area contributed by atoms with Crippen molar-refractivity contribution in [1.29, 1.82) is 0 Å². The zero-order valence-electron chi connectivity index (χ0n) is 14.5. The van der Waals surface area contributed by atoms with Gasteiger partial charge in [0.25, 0.3) is 0 Å². The molecule has 0 spiro atoms. The summed E-state index contributed by atoms with van der Waals surface area (Å²) in [7, 11) is 4.38. The second kappa shape index (κ2) is 8.35. The van der Waals surface area contributed by atoms with Gasteiger partial charge in [0.2, 0.25) is 0 Å². The predicted octanol–water partition coefficient (Wildman–Crippen LogP) is 2.80. The van der Waals surface area contributed by atoms with E-state index < -0.39 is 0 Å². The Morgan fingerprint density at radius 1 is 1.25 bits per heavy atom. The van der Waals surface area contributed by atoms with Gasteiger partial charge in [0.1, 0.15) is 0 Å². The summed E-state index contributed by atoms with van der Waals surface area (Å²) in [6, 6.07) is 0.785. The van der Waals surface area contributed by atoms with Crippen molar-refractivity contribution < 1.29 is 0 Å². The van der Waals surface area contributed by atoms with E-state index >= 15 is 0 Å². The van der Waals surface area contributed by atoms with E-state index in [9.17, 15) is 0 Å². The van der Waals surface area contributed by atoms with Crippen LogP contribution in [0.5, 0.6) is 0 Å². The first-order valence-electron chi connectivity index (χ1n) is 8.43. The maximum atomic E-state index is 5.78. The molecule has 0 aromatic rings. The Hall–Kier alpha value is -0.120. The molecule has 0 aliphatic carbocycles. The fourth-order valence-corrected chi connectivity index (χ4v) is 3.57. The Labute approximate surface area is 126 Å². The van der Waals surface area contributed by atoms with Gasteiger partial charge in [-0.25, -0.2) is 0 Å². The molecular weight excluding hydrogens is 246 g/mol. The average molecular weight is 284 g/mol. The molecule has 3 nitrogen and oxygen atoms in total. The summed E-state index contributed by atoms with van der Waals surface area (Å²) in [6.07, 6.45) is 6.58. The summed E-state index contributed by atoms with van der Waals surface area (Å²) in [5.74, 6) is 0.766. The molecule has 1 saturated heterocycles. The van der Waals surface area contributed by atoms with Crippen molar-refractivity contribution >= 4 is 0 Å². The third-order valence-electron chi connectivity index (χ3n) is 4.81. The van der Waals surface area contributed by atoms with Crippen molar-refractivity contribution in [3.8, 4) is 0 Å². The molecule has 1 rings (SSSR count). The lowest BCUT2D eigenvalue weighted by atomic mass is 9.76. The van der Waals surface area contributed by atoms with Gasteiger partial charge in [-0.05, 0) is 77.2 Å². The first kappa shape index (κ1) is 17.9. The summed E-state index contributed by atoms with van der Waals surface area (Å²) >= 11 is 0. The molecule has 1 aliphatic heterocycles. The van der Waals surface area contributed by atoms with Gasteiger partial charge in [-0.1, -0.05) is 20.8 Å². The largest absolute Gasteiger partial charge is 0.330 e. The molecule has 2 N–H and O–H groups in total. The molecule has 120 valence electrons. The molecule has 2 atom stereocenters. The minimum atomic E-state index is 0.396. The van der Waals surface area contributed by atoms with Crippen LogP contribution >= 0.6 is 0 Å². The molecule has 20 heavy (non-hydrogen) atoms. The summed E-state index contributed by atoms with van der Waals surface area (Å²) in [5.41, 5.74) is 6.18. The lowest BCUT2D eigenvalue weighted by Crippen LogP contribution is -2.38. The van der Waals surface area contributed by atoms with Crippen molar-refractivity contribution in [2.24, 2.45) is 17.1 Å². The number of nitrogens with zero attached hydrogens (tertiary/aromatic N) is 2. The highest BCUT2D eigenvalue weighted by atomic mass is 15.2. The molecule has 2 unspecified atom stereocenters. The average Bonchev–Trinajstić information content (AvgIpc) is 2.73. The van der Waals surface area contributed by atoms with E-state index in [4.69, 9.17) is 5.73 Å². The Balaban J connectivity index is 2.34. The second-order valence-corrected chi connectivity index (χ2v) is 7.88. The lowest BCUT2D eigenvalue weighted by Gasteiger charge is -2.32. The Morgan fingerprint density at radius 3 is 2.50 bits per heavy atom. The fraction of sp³-hybridized carbons (Fsp3) is 1.00. The van der Waals surface area contributed by atoms with Crippen LogP contribution in [0.2, 0.25) is 0 Å². The molecule has 0 radical (unpaired) electrons. The first-order chi connectivity index (χ1) is 9.34. The van der Waals surface area contributed by atoms with Gasteiger partial charge in [-0.15, -0.1) is 0 Å². The minimum absolute atomic E-state index is 0.396. The predicted molar refractivity (Wildman–Crippen MR) is 89.0 cm³/mol. The van der Waals surface area contributed by atoms with Crippen LogP contribution in [-0.4, -0.2) is 56.1 Å². The summed E-state index contributed by atoms with van der Waals surface area (Å²) in [5, 5.41) is 0. The van der Waals surface area contributed by atoms with E-state index in [1.165, 1.54) is 51.7 Å². The quantitative estimate of drug-likeness (QED) is 0.743. The van der Waals surface area contributed by atoms with Crippen molar-refractivity contribution in [3.05, 3.63) is 0 Å². The molecule has 1 fully saturated rings. The molecular formula is C17H37N3. The number of hydrogen-bond acceptors (Lipinski definition) is 3. The monoisotopic (exact) mass is 283 g/mol. The number of nitrogens with two attached hydrogens (primary N) is 1. The maximum absolute atomic E-state index is 5.78. The van der Waals surface area contributed by atoms with Gasteiger partial charge >= 0.3 is 0 Å². The van der Waals surface area contributed by atoms with Crippen molar-refractivity contribution in [3.63, 3.8) is 0 Å². The van der Waals surface area contributed by atoms with Crippen LogP contribution in [0.4, 0.5) is 0 Å². The number of likely N-dealkylation sites (N-methyl/N-ethyl adjacent to an activating group) is 1. The highest BCUT2D eigenvalue weighted by Gasteiger charge is 2.26. The molecule has 1 heterocycles. The highest BCUT2D eigenvalue weighted by Crippen LogP contribution is 2.32. The number of hydrogen-bond donors (Lipinski definition) is 1. The third-order valence-corrected chi connectivity index (χ3v) is 4.81. The smallest absolute Gasteiger partial charge is 0.0223 e. The zero-order chi connectivity index (χ0) is 15.2. The van der Waals surface area contributed by atoms with E-state index in [2.05, 4.69) is 44.7 Å². The SMILES string of the molecule is CN(C)CC1CCCN1CCCC(CCN)C(C)(C)C. The van der Waals surface area contributed by atoms with E-state index in [-0.39, 0.29) is 0 Å². The van der Waals surface area contributed by atoms with Crippen molar-refractivity contribution in [2.45, 2.75) is 58.9 Å². The van der Waals surface area contributed by atoms with E-state index in [0.29, 0.717) is 5.41 Å². The van der Waals surface area contributed by atoms with Crippen LogP contribution in [0.1, 0.15) is 52.9 Å². The van der Waals surface area contributed by atoms with Crippen molar-refractivity contribution in [1.82, 2.24) is 9.80 Å². The fourth-order valence-electron chi connectivity index (χ4n) is 3.57. The standard InChI is InChI=1S/C17H37N3/c1-17(2,3)15(10-11-18)8-6-12-20-13-7-9-16(20)14-19(4)5/h15-16H,6-14,18H2,1-5H3. The zero-order valence-corrected chi connectivity index (χ0v) is 14.5. The third kappa shape index (κ3) is 6.11. The molecule has 0 aromatic carbocycles. The van der Waals surface area contributed by atoms with Crippen LogP contribution in [-0.2, 0) is 0 Å². The molecule has 0 amide bonds. The lowest BCUT2D eigenvalue weighted by molar-refractivity contribution is 0.176. The molecule has 0 aromatic heterocycles. The Bertz CT molecular complexity index is 257. The summed E-state index contributed by atoms with van der Waals surface area (Å²) in [4.78, 5) is 5.04. The Kier molecular flexibility index (Phi) is 7.49. The molecule has 3 heteroatoms. The number of likely N-dealkylation sites (tertiary alicyclic amines) is 1. The topological polar surface area (TPSA) is 32.5 Å². The van der Waals surface area contributed by atoms with Crippen LogP contribution < -0.4 is 5.73 Å². The van der Waals surface area contributed by atoms with Gasteiger partial charge in [-0.2, -0.15) is 0 Å². The van der Waals surface area contributed by atoms with E-state index in [0.717, 1.165) is 18.5 Å². The summed E-state index contributed by atoms with van der Waals surface area (Å²) < 4.78 is 0. The van der Waals surface area contributed by atoms with Crippen LogP contribution in [0.3, 0.4) is 0 Å². The van der Waals surface area contributed by atoms with Crippen LogP contribution in [0.25, 0.3) is 0 Å². The minimum Gasteiger partial charge on any atom is -0.330 e. The van der Waals surface area contributed by atoms with Gasteiger partial charge in [0.05, 0.1) is 0 Å². The van der Waals surface area contributed by atoms with Gasteiger partial charge < -0.3 is 10.6 Å². The number of rotatable bonds is 8. The molecule has 0 saturated carbocycles. The Morgan fingerprint density at radius 2 is 1.95 bits per heavy atom. The summed E-state index contributed by atoms with van der Waals surface area (Å²) in [6.45, 7) is 11.7. The van der Waals surface area contributed by atoms with E-state index in [1.807, 2.05) is 0 Å². The normalized spacial score (nSPS) is 22.6. The maximum Gasteiger partial charge on any atom is 0.0223 e. The van der Waals surface area contributed by atoms with Crippen molar-refractivity contribution in [2.75, 3.05) is 40.3 Å². The van der Waals surface area contributed by atoms with Gasteiger partial charge in [0, 0.05) is 12.6 Å². The van der Waals surface area contributed by atoms with E-state index in [1.54, 1.807) is 0 Å². The first-order valence-corrected chi connectivity index (χ1v) is 8.43. The van der Waals surface area contributed by atoms with Gasteiger partial charge in [-0.3, -0.25) is 4.90 Å². The molecule has 0 bridgehead atoms. The van der Waals surface area contributed by atoms with Crippen LogP contribution in [0, 0.1) is 11.3 Å². The van der Waals surface area contributed by atoms with Gasteiger partial charge in [0.15, 0.2) is 0 Å².